The molecule has 0 aliphatic carbocycles. The van der Waals surface area contributed by atoms with Gasteiger partial charge in [-0.1, -0.05) is 6.07 Å². The lowest BCUT2D eigenvalue weighted by molar-refractivity contribution is -0.137. The molecule has 33 heavy (non-hydrogen) atoms. The van der Waals surface area contributed by atoms with E-state index in [0.29, 0.717) is 6.42 Å². The molecule has 0 radical (unpaired) electrons. The number of alkyl halides is 3. The molecule has 0 fully saturated rings. The number of fused-ring (bicyclic) bond motifs is 1. The van der Waals surface area contributed by atoms with E-state index in [9.17, 15) is 22.8 Å². The molecule has 0 saturated heterocycles. The van der Waals surface area contributed by atoms with Gasteiger partial charge in [-0.25, -0.2) is 4.79 Å². The summed E-state index contributed by atoms with van der Waals surface area (Å²) in [6.07, 6.45) is -4.04. The highest BCUT2D eigenvalue weighted by Gasteiger charge is 2.42. The number of hydrogen-bond acceptors (Lipinski definition) is 5. The second kappa shape index (κ2) is 8.13. The largest absolute Gasteiger partial charge is 0.456 e. The van der Waals surface area contributed by atoms with E-state index in [-0.39, 0.29) is 21.7 Å². The number of esters is 1. The van der Waals surface area contributed by atoms with Crippen LogP contribution >= 0.6 is 11.3 Å². The fourth-order valence-electron chi connectivity index (χ4n) is 4.17. The van der Waals surface area contributed by atoms with Crippen LogP contribution in [0, 0.1) is 0 Å². The maximum absolute atomic E-state index is 13.2. The third-order valence-electron chi connectivity index (χ3n) is 5.13. The van der Waals surface area contributed by atoms with E-state index in [1.54, 1.807) is 20.8 Å². The predicted molar refractivity (Wildman–Crippen MR) is 123 cm³/mol. The van der Waals surface area contributed by atoms with Crippen LogP contribution in [-0.4, -0.2) is 23.0 Å². The Balaban J connectivity index is 2.08. The molecule has 0 spiro atoms. The van der Waals surface area contributed by atoms with Gasteiger partial charge >= 0.3 is 12.1 Å². The minimum absolute atomic E-state index is 0.149. The van der Waals surface area contributed by atoms with E-state index >= 15 is 0 Å². The van der Waals surface area contributed by atoms with Crippen molar-refractivity contribution >= 4 is 28.2 Å². The molecule has 180 valence electrons. The van der Waals surface area contributed by atoms with E-state index in [0.717, 1.165) is 22.6 Å². The van der Waals surface area contributed by atoms with Gasteiger partial charge in [0.15, 0.2) is 0 Å². The summed E-state index contributed by atoms with van der Waals surface area (Å²) in [4.78, 5) is 27.0. The highest BCUT2D eigenvalue weighted by molar-refractivity contribution is 7.17. The molecule has 0 bridgehead atoms. The number of ether oxygens (including phenoxy) is 1. The summed E-state index contributed by atoms with van der Waals surface area (Å²) in [6.45, 7) is 13.3. The van der Waals surface area contributed by atoms with Gasteiger partial charge in [-0.05, 0) is 78.6 Å². The molecular weight excluding hydrogens is 453 g/mol. The highest BCUT2D eigenvalue weighted by Crippen LogP contribution is 2.45. The van der Waals surface area contributed by atoms with Gasteiger partial charge in [0.25, 0.3) is 5.91 Å². The molecule has 1 aliphatic heterocycles. The van der Waals surface area contributed by atoms with Gasteiger partial charge in [0, 0.05) is 21.5 Å². The first kappa shape index (κ1) is 25.2. The standard InChI is InChI=1S/C24H29F3N2O3S/c1-21(2,3)32-20(31)16-15-12-22(4,5)29-23(6,7)17(15)33-19(16)28-18(30)13-9-8-10-14(11-13)24(25,26)27/h8-11,29H,12H2,1-7H3,(H,28,30). The molecule has 1 amide bonds. The number of anilines is 1. The maximum Gasteiger partial charge on any atom is 0.416 e. The molecule has 1 aromatic heterocycles. The van der Waals surface area contributed by atoms with Crippen LogP contribution in [0.3, 0.4) is 0 Å². The molecule has 2 N–H and O–H groups in total. The lowest BCUT2D eigenvalue weighted by atomic mass is 9.81. The molecule has 3 rings (SSSR count). The van der Waals surface area contributed by atoms with Crippen molar-refractivity contribution in [3.8, 4) is 0 Å². The van der Waals surface area contributed by atoms with Crippen LogP contribution in [0.2, 0.25) is 0 Å². The lowest BCUT2D eigenvalue weighted by Gasteiger charge is -2.42. The average Bonchev–Trinajstić information content (AvgIpc) is 2.96. The number of rotatable bonds is 3. The maximum atomic E-state index is 13.2. The molecule has 2 aromatic rings. The fourth-order valence-corrected chi connectivity index (χ4v) is 5.43. The fraction of sp³-hybridized carbons (Fsp3) is 0.500. The SMILES string of the molecule is CC1(C)Cc2c(sc(NC(=O)c3cccc(C(F)(F)F)c3)c2C(=O)OC(C)(C)C)C(C)(C)N1. The minimum Gasteiger partial charge on any atom is -0.456 e. The number of thiophene rings is 1. The molecule has 1 aromatic carbocycles. The average molecular weight is 483 g/mol. The second-order valence-electron chi connectivity index (χ2n) is 10.5. The Hall–Kier alpha value is -2.39. The first-order valence-electron chi connectivity index (χ1n) is 10.6. The first-order chi connectivity index (χ1) is 14.9. The van der Waals surface area contributed by atoms with Crippen LogP contribution in [0.15, 0.2) is 24.3 Å². The van der Waals surface area contributed by atoms with Crippen molar-refractivity contribution < 1.29 is 27.5 Å². The lowest BCUT2D eigenvalue weighted by Crippen LogP contribution is -2.55. The summed E-state index contributed by atoms with van der Waals surface area (Å²) in [5, 5.41) is 6.49. The van der Waals surface area contributed by atoms with Crippen molar-refractivity contribution in [3.63, 3.8) is 0 Å². The first-order valence-corrected chi connectivity index (χ1v) is 11.4. The smallest absolute Gasteiger partial charge is 0.416 e. The number of carbonyl (C=O) groups excluding carboxylic acids is 2. The van der Waals surface area contributed by atoms with Gasteiger partial charge < -0.3 is 15.4 Å². The Morgan fingerprint density at radius 1 is 1.12 bits per heavy atom. The summed E-state index contributed by atoms with van der Waals surface area (Å²) in [6, 6.07) is 4.19. The number of carbonyl (C=O) groups is 2. The topological polar surface area (TPSA) is 67.4 Å². The number of halogens is 3. The van der Waals surface area contributed by atoms with Crippen LogP contribution in [0.5, 0.6) is 0 Å². The molecule has 0 saturated carbocycles. The van der Waals surface area contributed by atoms with Crippen LogP contribution in [-0.2, 0) is 22.9 Å². The number of nitrogens with one attached hydrogen (secondary N) is 2. The monoisotopic (exact) mass is 482 g/mol. The van der Waals surface area contributed by atoms with Gasteiger partial charge in [-0.15, -0.1) is 11.3 Å². The molecular formula is C24H29F3N2O3S. The third kappa shape index (κ3) is 5.58. The van der Waals surface area contributed by atoms with Crippen molar-refractivity contribution in [2.45, 2.75) is 77.7 Å². The third-order valence-corrected chi connectivity index (χ3v) is 6.60. The zero-order valence-corrected chi connectivity index (χ0v) is 20.6. The quantitative estimate of drug-likeness (QED) is 0.516. The van der Waals surface area contributed by atoms with Gasteiger partial charge in [0.2, 0.25) is 0 Å². The van der Waals surface area contributed by atoms with Crippen molar-refractivity contribution in [1.29, 1.82) is 0 Å². The van der Waals surface area contributed by atoms with Gasteiger partial charge in [0.05, 0.1) is 11.1 Å². The Morgan fingerprint density at radius 3 is 2.33 bits per heavy atom. The van der Waals surface area contributed by atoms with E-state index in [1.165, 1.54) is 23.5 Å². The minimum atomic E-state index is -4.57. The van der Waals surface area contributed by atoms with Crippen LogP contribution in [0.25, 0.3) is 0 Å². The van der Waals surface area contributed by atoms with Gasteiger partial charge in [-0.2, -0.15) is 13.2 Å². The molecule has 5 nitrogen and oxygen atoms in total. The zero-order chi connectivity index (χ0) is 25.0. The van der Waals surface area contributed by atoms with E-state index in [4.69, 9.17) is 4.74 Å². The number of hydrogen-bond donors (Lipinski definition) is 2. The molecule has 2 heterocycles. The van der Waals surface area contributed by atoms with Crippen molar-refractivity contribution in [3.05, 3.63) is 51.4 Å². The predicted octanol–water partition coefficient (Wildman–Crippen LogP) is 6.13. The Labute approximate surface area is 195 Å². The number of amides is 1. The van der Waals surface area contributed by atoms with Crippen LogP contribution in [0.1, 0.15) is 85.2 Å². The Morgan fingerprint density at radius 2 is 1.76 bits per heavy atom. The summed E-state index contributed by atoms with van der Waals surface area (Å²) in [5.74, 6) is -1.30. The van der Waals surface area contributed by atoms with E-state index < -0.39 is 34.8 Å². The molecule has 9 heteroatoms. The molecule has 0 atom stereocenters. The van der Waals surface area contributed by atoms with Crippen molar-refractivity contribution in [2.75, 3.05) is 5.32 Å². The highest BCUT2D eigenvalue weighted by atomic mass is 32.1. The van der Waals surface area contributed by atoms with Crippen molar-refractivity contribution in [2.24, 2.45) is 0 Å². The number of benzene rings is 1. The summed E-state index contributed by atoms with van der Waals surface area (Å²) in [5.41, 5.74) is -1.60. The normalized spacial score (nSPS) is 17.3. The summed E-state index contributed by atoms with van der Waals surface area (Å²) >= 11 is 1.24. The Kier molecular flexibility index (Phi) is 6.22. The van der Waals surface area contributed by atoms with Crippen molar-refractivity contribution in [1.82, 2.24) is 5.32 Å². The van der Waals surface area contributed by atoms with E-state index in [2.05, 4.69) is 10.6 Å². The molecule has 0 unspecified atom stereocenters. The molecule has 1 aliphatic rings. The van der Waals surface area contributed by atoms with Crippen LogP contribution in [0.4, 0.5) is 18.2 Å². The van der Waals surface area contributed by atoms with E-state index in [1.807, 2.05) is 27.7 Å². The zero-order valence-electron chi connectivity index (χ0n) is 19.8. The summed E-state index contributed by atoms with van der Waals surface area (Å²) in [7, 11) is 0. The van der Waals surface area contributed by atoms with Gasteiger partial charge in [0.1, 0.15) is 10.6 Å². The van der Waals surface area contributed by atoms with Gasteiger partial charge in [-0.3, -0.25) is 4.79 Å². The Bertz CT molecular complexity index is 1100. The van der Waals surface area contributed by atoms with Crippen LogP contribution < -0.4 is 10.6 Å². The summed E-state index contributed by atoms with van der Waals surface area (Å²) < 4.78 is 44.9. The second-order valence-corrected chi connectivity index (χ2v) is 11.5.